The fourth-order valence-corrected chi connectivity index (χ4v) is 3.09. The van der Waals surface area contributed by atoms with E-state index in [0.717, 1.165) is 30.6 Å². The normalized spacial score (nSPS) is 11.8. The lowest BCUT2D eigenvalue weighted by atomic mass is 10.1. The number of unbranched alkanes of at least 4 members (excludes halogenated alkanes) is 1. The number of aryl methyl sites for hydroxylation is 4. The molecule has 0 saturated carbocycles. The van der Waals surface area contributed by atoms with Crippen LogP contribution in [0.5, 0.6) is 0 Å². The molecule has 3 aromatic rings. The van der Waals surface area contributed by atoms with Crippen molar-refractivity contribution in [3.05, 3.63) is 29.2 Å². The summed E-state index contributed by atoms with van der Waals surface area (Å²) in [5.74, 6) is 0. The summed E-state index contributed by atoms with van der Waals surface area (Å²) >= 11 is 0. The number of halogens is 2. The van der Waals surface area contributed by atoms with Crippen LogP contribution < -0.4 is 0 Å². The van der Waals surface area contributed by atoms with Gasteiger partial charge >= 0.3 is 0 Å². The van der Waals surface area contributed by atoms with E-state index in [1.165, 1.54) is 6.07 Å². The van der Waals surface area contributed by atoms with Crippen LogP contribution in [0.3, 0.4) is 0 Å². The van der Waals surface area contributed by atoms with Gasteiger partial charge in [0, 0.05) is 30.4 Å². The molecule has 0 amide bonds. The summed E-state index contributed by atoms with van der Waals surface area (Å²) in [5, 5.41) is 9.32. The highest BCUT2D eigenvalue weighted by atomic mass is 19.3. The van der Waals surface area contributed by atoms with Crippen molar-refractivity contribution < 1.29 is 8.78 Å². The van der Waals surface area contributed by atoms with Gasteiger partial charge in [0.25, 0.3) is 6.43 Å². The minimum Gasteiger partial charge on any atom is -0.272 e. The number of aromatic nitrogens is 5. The highest BCUT2D eigenvalue weighted by Gasteiger charge is 2.22. The van der Waals surface area contributed by atoms with E-state index in [-0.39, 0.29) is 5.56 Å². The van der Waals surface area contributed by atoms with Crippen molar-refractivity contribution in [2.45, 2.75) is 60.1 Å². The fourth-order valence-electron chi connectivity index (χ4n) is 3.09. The average Bonchev–Trinajstić information content (AvgIpc) is 3.12. The third-order valence-corrected chi connectivity index (χ3v) is 4.41. The Morgan fingerprint density at radius 3 is 2.48 bits per heavy atom. The van der Waals surface area contributed by atoms with E-state index in [9.17, 15) is 8.78 Å². The predicted octanol–water partition coefficient (Wildman–Crippen LogP) is 4.67. The Morgan fingerprint density at radius 2 is 1.88 bits per heavy atom. The lowest BCUT2D eigenvalue weighted by Crippen LogP contribution is -2.02. The molecule has 0 saturated heterocycles. The molecule has 0 aliphatic rings. The fraction of sp³-hybridized carbons (Fsp3) is 0.500. The topological polar surface area (TPSA) is 48.5 Å². The third kappa shape index (κ3) is 3.15. The molecule has 0 bridgehead atoms. The molecule has 3 rings (SSSR count). The molecule has 0 fully saturated rings. The predicted molar refractivity (Wildman–Crippen MR) is 93.8 cm³/mol. The quantitative estimate of drug-likeness (QED) is 0.651. The van der Waals surface area contributed by atoms with E-state index in [2.05, 4.69) is 22.1 Å². The Bertz CT molecular complexity index is 895. The molecule has 5 nitrogen and oxygen atoms in total. The molecule has 0 aromatic carbocycles. The summed E-state index contributed by atoms with van der Waals surface area (Å²) in [6.45, 7) is 9.10. The SMILES string of the molecule is CCCCn1nc(C)c2c(C(F)F)cc(-c3cn(CC)nc3C)nc21. The number of hydrogen-bond acceptors (Lipinski definition) is 3. The second-order valence-electron chi connectivity index (χ2n) is 6.24. The van der Waals surface area contributed by atoms with Crippen LogP contribution in [0.2, 0.25) is 0 Å². The number of rotatable bonds is 6. The number of hydrogen-bond donors (Lipinski definition) is 0. The Balaban J connectivity index is 2.24. The van der Waals surface area contributed by atoms with Crippen LogP contribution in [0.25, 0.3) is 22.3 Å². The second kappa shape index (κ2) is 6.90. The van der Waals surface area contributed by atoms with Crippen LogP contribution in [-0.2, 0) is 13.1 Å². The van der Waals surface area contributed by atoms with Crippen LogP contribution in [0.15, 0.2) is 12.3 Å². The number of alkyl halides is 2. The van der Waals surface area contributed by atoms with Gasteiger partial charge in [-0.25, -0.2) is 18.4 Å². The maximum atomic E-state index is 13.7. The van der Waals surface area contributed by atoms with Crippen molar-refractivity contribution in [3.63, 3.8) is 0 Å². The number of pyridine rings is 1. The molecule has 3 aromatic heterocycles. The van der Waals surface area contributed by atoms with Crippen LogP contribution in [0, 0.1) is 13.8 Å². The van der Waals surface area contributed by atoms with Crippen LogP contribution in [-0.4, -0.2) is 24.5 Å². The first-order chi connectivity index (χ1) is 12.0. The minimum atomic E-state index is -2.58. The van der Waals surface area contributed by atoms with E-state index in [4.69, 9.17) is 0 Å². The summed E-state index contributed by atoms with van der Waals surface area (Å²) in [7, 11) is 0. The Labute approximate surface area is 145 Å². The zero-order valence-electron chi connectivity index (χ0n) is 15.1. The maximum absolute atomic E-state index is 13.7. The molecule has 25 heavy (non-hydrogen) atoms. The van der Waals surface area contributed by atoms with E-state index in [1.807, 2.05) is 20.0 Å². The first kappa shape index (κ1) is 17.5. The zero-order chi connectivity index (χ0) is 18.1. The van der Waals surface area contributed by atoms with E-state index < -0.39 is 6.43 Å². The van der Waals surface area contributed by atoms with Gasteiger partial charge in [0.2, 0.25) is 0 Å². The molecular formula is C18H23F2N5. The lowest BCUT2D eigenvalue weighted by Gasteiger charge is -2.08. The molecule has 0 N–H and O–H groups in total. The lowest BCUT2D eigenvalue weighted by molar-refractivity contribution is 0.153. The van der Waals surface area contributed by atoms with Crippen molar-refractivity contribution in [1.82, 2.24) is 24.5 Å². The van der Waals surface area contributed by atoms with Crippen LogP contribution in [0.4, 0.5) is 8.78 Å². The molecule has 3 heterocycles. The Morgan fingerprint density at radius 1 is 1.12 bits per heavy atom. The van der Waals surface area contributed by atoms with Crippen LogP contribution in [0.1, 0.15) is 50.1 Å². The smallest absolute Gasteiger partial charge is 0.264 e. The highest BCUT2D eigenvalue weighted by Crippen LogP contribution is 2.33. The molecule has 134 valence electrons. The van der Waals surface area contributed by atoms with Gasteiger partial charge in [-0.2, -0.15) is 10.2 Å². The zero-order valence-corrected chi connectivity index (χ0v) is 15.1. The highest BCUT2D eigenvalue weighted by molar-refractivity contribution is 5.85. The second-order valence-corrected chi connectivity index (χ2v) is 6.24. The summed E-state index contributed by atoms with van der Waals surface area (Å²) < 4.78 is 31.0. The molecule has 0 radical (unpaired) electrons. The van der Waals surface area contributed by atoms with Gasteiger partial charge in [-0.15, -0.1) is 0 Å². The van der Waals surface area contributed by atoms with Crippen molar-refractivity contribution in [2.24, 2.45) is 0 Å². The summed E-state index contributed by atoms with van der Waals surface area (Å²) in [5.41, 5.74) is 3.21. The molecule has 0 spiro atoms. The van der Waals surface area contributed by atoms with Crippen molar-refractivity contribution >= 4 is 11.0 Å². The summed E-state index contributed by atoms with van der Waals surface area (Å²) in [6, 6.07) is 1.48. The molecule has 0 aliphatic carbocycles. The first-order valence-corrected chi connectivity index (χ1v) is 8.66. The first-order valence-electron chi connectivity index (χ1n) is 8.66. The number of fused-ring (bicyclic) bond motifs is 1. The van der Waals surface area contributed by atoms with E-state index >= 15 is 0 Å². The van der Waals surface area contributed by atoms with Gasteiger partial charge in [0.05, 0.1) is 22.5 Å². The van der Waals surface area contributed by atoms with Gasteiger partial charge in [0.1, 0.15) is 0 Å². The van der Waals surface area contributed by atoms with Gasteiger partial charge < -0.3 is 0 Å². The average molecular weight is 347 g/mol. The summed E-state index contributed by atoms with van der Waals surface area (Å²) in [4.78, 5) is 4.68. The number of nitrogens with zero attached hydrogens (tertiary/aromatic N) is 5. The van der Waals surface area contributed by atoms with Gasteiger partial charge in [0.15, 0.2) is 5.65 Å². The standard InChI is InChI=1S/C18H23F2N5/c1-5-7-8-25-18-16(12(4)23-25)13(17(19)20)9-15(21-18)14-10-24(6-2)22-11(14)3/h9-10,17H,5-8H2,1-4H3. The Kier molecular flexibility index (Phi) is 4.83. The van der Waals surface area contributed by atoms with Crippen molar-refractivity contribution in [1.29, 1.82) is 0 Å². The monoisotopic (exact) mass is 347 g/mol. The van der Waals surface area contributed by atoms with Crippen molar-refractivity contribution in [3.8, 4) is 11.3 Å². The van der Waals surface area contributed by atoms with E-state index in [1.54, 1.807) is 16.3 Å². The molecule has 0 aliphatic heterocycles. The maximum Gasteiger partial charge on any atom is 0.264 e. The minimum absolute atomic E-state index is 0.0103. The van der Waals surface area contributed by atoms with Gasteiger partial charge in [-0.3, -0.25) is 4.68 Å². The third-order valence-electron chi connectivity index (χ3n) is 4.41. The summed E-state index contributed by atoms with van der Waals surface area (Å²) in [6.07, 6.45) is 1.22. The van der Waals surface area contributed by atoms with Gasteiger partial charge in [-0.1, -0.05) is 13.3 Å². The molecular weight excluding hydrogens is 324 g/mol. The van der Waals surface area contributed by atoms with Crippen LogP contribution >= 0.6 is 0 Å². The molecule has 7 heteroatoms. The van der Waals surface area contributed by atoms with E-state index in [0.29, 0.717) is 29.0 Å². The van der Waals surface area contributed by atoms with Crippen molar-refractivity contribution in [2.75, 3.05) is 0 Å². The largest absolute Gasteiger partial charge is 0.272 e. The Hall–Kier alpha value is -2.31. The molecule has 0 atom stereocenters. The van der Waals surface area contributed by atoms with Gasteiger partial charge in [-0.05, 0) is 33.3 Å². The molecule has 0 unspecified atom stereocenters.